The van der Waals surface area contributed by atoms with Crippen molar-refractivity contribution in [1.29, 1.82) is 0 Å². The van der Waals surface area contributed by atoms with Gasteiger partial charge in [0, 0.05) is 61.9 Å². The zero-order valence-corrected chi connectivity index (χ0v) is 30.2. The number of hydrogen-bond acceptors (Lipinski definition) is 5. The Hall–Kier alpha value is -7.63. The fourth-order valence-corrected chi connectivity index (χ4v) is 8.03. The summed E-state index contributed by atoms with van der Waals surface area (Å²) in [5.41, 5.74) is 10.5. The molecule has 5 heteroatoms. The molecule has 11 rings (SSSR count). The lowest BCUT2D eigenvalue weighted by molar-refractivity contribution is 0.623. The number of benzene rings is 9. The first-order valence-corrected chi connectivity index (χ1v) is 18.8. The van der Waals surface area contributed by atoms with Crippen molar-refractivity contribution in [1.82, 2.24) is 4.98 Å². The van der Waals surface area contributed by atoms with E-state index < -0.39 is 0 Å². The van der Waals surface area contributed by atoms with Gasteiger partial charge in [-0.05, 0) is 107 Å². The fourth-order valence-electron chi connectivity index (χ4n) is 8.03. The maximum Gasteiger partial charge on any atom is 0.227 e. The van der Waals surface area contributed by atoms with E-state index in [2.05, 4.69) is 168 Å². The number of fused-ring (bicyclic) bond motifs is 8. The standard InChI is InChI=1S/C51H33N3O2/c1-4-13-36(14-5-1)51-52-46-30-26-35-24-23-34-25-27-41(32-45(34)49(35)50(46)56-51)53(37-15-6-2-7-16-37)39-19-12-20-40(31-39)54(38-17-8-3-9-18-38)42-28-29-44-43-21-10-11-22-47(43)55-48(44)33-42/h1-33H. The molecule has 0 aliphatic rings. The highest BCUT2D eigenvalue weighted by Gasteiger charge is 2.20. The quantitative estimate of drug-likeness (QED) is 0.153. The molecule has 0 atom stereocenters. The van der Waals surface area contributed by atoms with Gasteiger partial charge in [-0.2, -0.15) is 0 Å². The molecule has 5 nitrogen and oxygen atoms in total. The number of nitrogens with zero attached hydrogens (tertiary/aromatic N) is 3. The van der Waals surface area contributed by atoms with Crippen molar-refractivity contribution >= 4 is 88.7 Å². The normalized spacial score (nSPS) is 11.6. The molecular weight excluding hydrogens is 687 g/mol. The zero-order valence-electron chi connectivity index (χ0n) is 30.2. The van der Waals surface area contributed by atoms with Crippen molar-refractivity contribution in [3.05, 3.63) is 200 Å². The maximum atomic E-state index is 6.58. The van der Waals surface area contributed by atoms with Gasteiger partial charge in [0.25, 0.3) is 0 Å². The van der Waals surface area contributed by atoms with Crippen molar-refractivity contribution in [3.8, 4) is 11.5 Å². The summed E-state index contributed by atoms with van der Waals surface area (Å²) in [6.45, 7) is 0. The van der Waals surface area contributed by atoms with Crippen LogP contribution in [-0.2, 0) is 0 Å². The third kappa shape index (κ3) is 5.37. The van der Waals surface area contributed by atoms with Gasteiger partial charge in [0.15, 0.2) is 5.58 Å². The molecule has 0 spiro atoms. The van der Waals surface area contributed by atoms with Gasteiger partial charge < -0.3 is 18.6 Å². The number of anilines is 6. The third-order valence-corrected chi connectivity index (χ3v) is 10.6. The van der Waals surface area contributed by atoms with E-state index in [0.29, 0.717) is 5.89 Å². The van der Waals surface area contributed by atoms with Gasteiger partial charge in [-0.3, -0.25) is 0 Å². The van der Waals surface area contributed by atoms with Crippen LogP contribution in [-0.4, -0.2) is 4.98 Å². The Morgan fingerprint density at radius 1 is 0.357 bits per heavy atom. The molecule has 11 aromatic rings. The Labute approximate surface area is 322 Å². The van der Waals surface area contributed by atoms with Gasteiger partial charge in [-0.25, -0.2) is 4.98 Å². The molecule has 0 fully saturated rings. The van der Waals surface area contributed by atoms with E-state index in [9.17, 15) is 0 Å². The topological polar surface area (TPSA) is 45.7 Å². The SMILES string of the molecule is c1ccc(-c2nc3ccc4ccc5ccc(N(c6ccccc6)c6cccc(N(c7ccccc7)c7ccc8c(c7)oc7ccccc78)c6)cc5c4c3o2)cc1. The first-order chi connectivity index (χ1) is 27.7. The van der Waals surface area contributed by atoms with Gasteiger partial charge >= 0.3 is 0 Å². The lowest BCUT2D eigenvalue weighted by Crippen LogP contribution is -2.13. The fraction of sp³-hybridized carbons (Fsp3) is 0. The summed E-state index contributed by atoms with van der Waals surface area (Å²) in [7, 11) is 0. The predicted octanol–water partition coefficient (Wildman–Crippen LogP) is 14.6. The molecule has 0 aliphatic carbocycles. The Kier molecular flexibility index (Phi) is 7.42. The Balaban J connectivity index is 1.08. The first-order valence-electron chi connectivity index (χ1n) is 18.8. The molecule has 2 heterocycles. The molecule has 0 saturated heterocycles. The summed E-state index contributed by atoms with van der Waals surface area (Å²) in [5.74, 6) is 0.617. The van der Waals surface area contributed by atoms with Crippen molar-refractivity contribution < 1.29 is 8.83 Å². The monoisotopic (exact) mass is 719 g/mol. The first kappa shape index (κ1) is 31.9. The van der Waals surface area contributed by atoms with Gasteiger partial charge in [0.05, 0.1) is 0 Å². The molecule has 0 saturated carbocycles. The van der Waals surface area contributed by atoms with E-state index in [1.54, 1.807) is 0 Å². The molecule has 0 bridgehead atoms. The van der Waals surface area contributed by atoms with E-state index >= 15 is 0 Å². The second kappa shape index (κ2) is 13.0. The Bertz CT molecular complexity index is 3210. The molecule has 56 heavy (non-hydrogen) atoms. The van der Waals surface area contributed by atoms with E-state index in [1.807, 2.05) is 42.5 Å². The zero-order chi connectivity index (χ0) is 37.0. The molecule has 264 valence electrons. The minimum atomic E-state index is 0.617. The molecular formula is C51H33N3O2. The van der Waals surface area contributed by atoms with E-state index in [1.165, 1.54) is 0 Å². The maximum absolute atomic E-state index is 6.58. The van der Waals surface area contributed by atoms with Crippen molar-refractivity contribution in [2.24, 2.45) is 0 Å². The summed E-state index contributed by atoms with van der Waals surface area (Å²) < 4.78 is 12.9. The van der Waals surface area contributed by atoms with Gasteiger partial charge in [0.1, 0.15) is 16.7 Å². The van der Waals surface area contributed by atoms with Crippen molar-refractivity contribution in [3.63, 3.8) is 0 Å². The number of rotatable bonds is 7. The summed E-state index contributed by atoms with van der Waals surface area (Å²) in [6.07, 6.45) is 0. The van der Waals surface area contributed by atoms with Crippen LogP contribution in [0.2, 0.25) is 0 Å². The van der Waals surface area contributed by atoms with E-state index in [0.717, 1.165) is 94.3 Å². The largest absolute Gasteiger partial charge is 0.456 e. The average molecular weight is 720 g/mol. The summed E-state index contributed by atoms with van der Waals surface area (Å²) in [4.78, 5) is 9.52. The second-order valence-corrected chi connectivity index (χ2v) is 14.0. The van der Waals surface area contributed by atoms with Crippen LogP contribution in [0.5, 0.6) is 0 Å². The summed E-state index contributed by atoms with van der Waals surface area (Å²) >= 11 is 0. The van der Waals surface area contributed by atoms with Crippen LogP contribution in [0.1, 0.15) is 0 Å². The molecule has 0 amide bonds. The van der Waals surface area contributed by atoms with Gasteiger partial charge in [-0.15, -0.1) is 0 Å². The predicted molar refractivity (Wildman–Crippen MR) is 231 cm³/mol. The average Bonchev–Trinajstić information content (AvgIpc) is 3.87. The molecule has 0 unspecified atom stereocenters. The van der Waals surface area contributed by atoms with Crippen LogP contribution < -0.4 is 9.80 Å². The number of oxazole rings is 1. The highest BCUT2D eigenvalue weighted by Crippen LogP contribution is 2.43. The summed E-state index contributed by atoms with van der Waals surface area (Å²) in [5, 5.41) is 6.60. The number of furan rings is 1. The van der Waals surface area contributed by atoms with Crippen LogP contribution in [0.3, 0.4) is 0 Å². The number of hydrogen-bond donors (Lipinski definition) is 0. The van der Waals surface area contributed by atoms with Crippen LogP contribution in [0.25, 0.3) is 66.0 Å². The summed E-state index contributed by atoms with van der Waals surface area (Å²) in [6, 6.07) is 69.8. The van der Waals surface area contributed by atoms with E-state index in [4.69, 9.17) is 13.8 Å². The highest BCUT2D eigenvalue weighted by molar-refractivity contribution is 6.18. The minimum absolute atomic E-state index is 0.617. The Morgan fingerprint density at radius 3 is 1.66 bits per heavy atom. The number of aromatic nitrogens is 1. The van der Waals surface area contributed by atoms with Crippen molar-refractivity contribution in [2.45, 2.75) is 0 Å². The van der Waals surface area contributed by atoms with Crippen LogP contribution in [0.15, 0.2) is 209 Å². The lowest BCUT2D eigenvalue weighted by Gasteiger charge is -2.29. The molecule has 0 radical (unpaired) electrons. The molecule has 2 aromatic heterocycles. The highest BCUT2D eigenvalue weighted by atomic mass is 16.3. The lowest BCUT2D eigenvalue weighted by atomic mass is 10.00. The van der Waals surface area contributed by atoms with Gasteiger partial charge in [0.2, 0.25) is 5.89 Å². The van der Waals surface area contributed by atoms with Crippen molar-refractivity contribution in [2.75, 3.05) is 9.80 Å². The second-order valence-electron chi connectivity index (χ2n) is 14.0. The molecule has 0 N–H and O–H groups in total. The number of para-hydroxylation sites is 3. The minimum Gasteiger partial charge on any atom is -0.456 e. The van der Waals surface area contributed by atoms with E-state index in [-0.39, 0.29) is 0 Å². The van der Waals surface area contributed by atoms with Gasteiger partial charge in [-0.1, -0.05) is 103 Å². The molecule has 0 aliphatic heterocycles. The Morgan fingerprint density at radius 2 is 0.911 bits per heavy atom. The third-order valence-electron chi connectivity index (χ3n) is 10.6. The van der Waals surface area contributed by atoms with Crippen LogP contribution in [0.4, 0.5) is 34.1 Å². The van der Waals surface area contributed by atoms with Crippen LogP contribution >= 0.6 is 0 Å². The smallest absolute Gasteiger partial charge is 0.227 e. The van der Waals surface area contributed by atoms with Crippen LogP contribution in [0, 0.1) is 0 Å². The molecule has 9 aromatic carbocycles.